The number of aromatic hydroxyl groups is 3. The molecule has 0 unspecified atom stereocenters. The maximum atomic E-state index is 13.9. The molecule has 4 aromatic rings. The summed E-state index contributed by atoms with van der Waals surface area (Å²) >= 11 is 0. The Hall–Kier alpha value is -4.92. The van der Waals surface area contributed by atoms with Gasteiger partial charge in [0.05, 0.1) is 6.61 Å². The SMILES string of the molecule is O=C(/C=C/c1ccc(O)cc1)Oc1cc(O)cc2oc(-c3ccc(O)cc3)c(O[C@H]3O[C@H](CO)[C@@H](O)[C@H](O)[C@H]3O)c(=O)c12. The molecule has 1 saturated heterocycles. The van der Waals surface area contributed by atoms with E-state index >= 15 is 0 Å². The second kappa shape index (κ2) is 12.1. The molecule has 0 aliphatic carbocycles. The third-order valence-electron chi connectivity index (χ3n) is 6.63. The van der Waals surface area contributed by atoms with Crippen molar-refractivity contribution in [2.75, 3.05) is 6.61 Å². The molecule has 0 saturated carbocycles. The second-order valence-electron chi connectivity index (χ2n) is 9.61. The predicted molar refractivity (Wildman–Crippen MR) is 148 cm³/mol. The summed E-state index contributed by atoms with van der Waals surface area (Å²) < 4.78 is 22.4. The number of aliphatic hydroxyl groups excluding tert-OH is 4. The van der Waals surface area contributed by atoms with E-state index in [0.717, 1.165) is 18.2 Å². The first-order valence-corrected chi connectivity index (χ1v) is 12.8. The Morgan fingerprint density at radius 3 is 2.16 bits per heavy atom. The monoisotopic (exact) mass is 594 g/mol. The Morgan fingerprint density at radius 2 is 1.51 bits per heavy atom. The van der Waals surface area contributed by atoms with Gasteiger partial charge in [0, 0.05) is 23.8 Å². The number of esters is 1. The zero-order chi connectivity index (χ0) is 30.8. The zero-order valence-corrected chi connectivity index (χ0v) is 22.1. The lowest BCUT2D eigenvalue weighted by molar-refractivity contribution is -0.277. The maximum Gasteiger partial charge on any atom is 0.336 e. The molecule has 43 heavy (non-hydrogen) atoms. The van der Waals surface area contributed by atoms with Crippen molar-refractivity contribution in [3.63, 3.8) is 0 Å². The molecule has 5 rings (SSSR count). The molecule has 13 heteroatoms. The molecule has 0 amide bonds. The summed E-state index contributed by atoms with van der Waals surface area (Å²) in [6, 6.07) is 13.4. The zero-order valence-electron chi connectivity index (χ0n) is 22.1. The highest BCUT2D eigenvalue weighted by Crippen LogP contribution is 2.38. The van der Waals surface area contributed by atoms with E-state index in [1.807, 2.05) is 0 Å². The summed E-state index contributed by atoms with van der Waals surface area (Å²) in [5, 5.41) is 69.6. The minimum Gasteiger partial charge on any atom is -0.508 e. The van der Waals surface area contributed by atoms with Crippen LogP contribution in [-0.2, 0) is 9.53 Å². The van der Waals surface area contributed by atoms with Crippen molar-refractivity contribution in [2.45, 2.75) is 30.7 Å². The fraction of sp³-hybridized carbons (Fsp3) is 0.200. The summed E-state index contributed by atoms with van der Waals surface area (Å²) in [6.45, 7) is -0.751. The van der Waals surface area contributed by atoms with E-state index in [4.69, 9.17) is 18.6 Å². The number of fused-ring (bicyclic) bond motifs is 1. The predicted octanol–water partition coefficient (Wildman–Crippen LogP) is 1.37. The van der Waals surface area contributed by atoms with Gasteiger partial charge in [-0.05, 0) is 48.0 Å². The van der Waals surface area contributed by atoms with Crippen LogP contribution in [0.25, 0.3) is 28.4 Å². The van der Waals surface area contributed by atoms with Crippen LogP contribution in [0.5, 0.6) is 28.7 Å². The van der Waals surface area contributed by atoms with Gasteiger partial charge < -0.3 is 54.4 Å². The Labute approximate surface area is 242 Å². The average molecular weight is 595 g/mol. The van der Waals surface area contributed by atoms with Crippen molar-refractivity contribution in [1.29, 1.82) is 0 Å². The van der Waals surface area contributed by atoms with Crippen LogP contribution in [0.1, 0.15) is 5.56 Å². The Balaban J connectivity index is 1.60. The van der Waals surface area contributed by atoms with Crippen molar-refractivity contribution in [1.82, 2.24) is 0 Å². The van der Waals surface area contributed by atoms with Gasteiger partial charge in [-0.2, -0.15) is 0 Å². The Bertz CT molecular complexity index is 1710. The average Bonchev–Trinajstić information content (AvgIpc) is 2.98. The van der Waals surface area contributed by atoms with Crippen LogP contribution in [0, 0.1) is 0 Å². The summed E-state index contributed by atoms with van der Waals surface area (Å²) in [4.78, 5) is 26.6. The minimum absolute atomic E-state index is 0.0334. The summed E-state index contributed by atoms with van der Waals surface area (Å²) in [7, 11) is 0. The summed E-state index contributed by atoms with van der Waals surface area (Å²) in [6.07, 6.45) is -6.04. The highest BCUT2D eigenvalue weighted by molar-refractivity contribution is 5.94. The molecule has 224 valence electrons. The molecule has 1 aliphatic rings. The van der Waals surface area contributed by atoms with Crippen LogP contribution in [0.15, 0.2) is 76.0 Å². The molecule has 0 spiro atoms. The van der Waals surface area contributed by atoms with Gasteiger partial charge in [-0.15, -0.1) is 0 Å². The lowest BCUT2D eigenvalue weighted by Gasteiger charge is -2.39. The largest absolute Gasteiger partial charge is 0.508 e. The first kappa shape index (κ1) is 29.6. The van der Waals surface area contributed by atoms with Crippen LogP contribution < -0.4 is 14.9 Å². The van der Waals surface area contributed by atoms with Crippen molar-refractivity contribution in [3.8, 4) is 40.1 Å². The van der Waals surface area contributed by atoms with E-state index in [2.05, 4.69) is 0 Å². The van der Waals surface area contributed by atoms with Gasteiger partial charge in [0.25, 0.3) is 0 Å². The third-order valence-corrected chi connectivity index (χ3v) is 6.63. The van der Waals surface area contributed by atoms with Crippen molar-refractivity contribution < 1.29 is 59.2 Å². The highest BCUT2D eigenvalue weighted by atomic mass is 16.7. The molecule has 0 bridgehead atoms. The van der Waals surface area contributed by atoms with E-state index < -0.39 is 66.0 Å². The molecular weight excluding hydrogens is 568 g/mol. The van der Waals surface area contributed by atoms with Gasteiger partial charge in [-0.25, -0.2) is 4.79 Å². The van der Waals surface area contributed by atoms with E-state index in [1.54, 1.807) is 12.1 Å². The molecule has 1 aromatic heterocycles. The Morgan fingerprint density at radius 1 is 0.860 bits per heavy atom. The summed E-state index contributed by atoms with van der Waals surface area (Å²) in [5.74, 6) is -2.64. The topological polar surface area (TPSA) is 217 Å². The fourth-order valence-corrected chi connectivity index (χ4v) is 4.42. The first-order chi connectivity index (χ1) is 20.5. The maximum absolute atomic E-state index is 13.9. The van der Waals surface area contributed by atoms with Gasteiger partial charge in [-0.1, -0.05) is 12.1 Å². The molecule has 1 fully saturated rings. The number of hydrogen-bond donors (Lipinski definition) is 7. The molecular formula is C30H26O13. The van der Waals surface area contributed by atoms with Gasteiger partial charge >= 0.3 is 5.97 Å². The van der Waals surface area contributed by atoms with Crippen LogP contribution in [0.4, 0.5) is 0 Å². The van der Waals surface area contributed by atoms with Crippen molar-refractivity contribution >= 4 is 23.0 Å². The number of ether oxygens (including phenoxy) is 3. The van der Waals surface area contributed by atoms with E-state index in [-0.39, 0.29) is 33.8 Å². The normalized spacial score (nSPS) is 22.1. The highest BCUT2D eigenvalue weighted by Gasteiger charge is 2.45. The van der Waals surface area contributed by atoms with E-state index in [9.17, 15) is 45.3 Å². The number of carbonyl (C=O) groups excluding carboxylic acids is 1. The molecule has 2 heterocycles. The molecule has 1 aliphatic heterocycles. The van der Waals surface area contributed by atoms with Gasteiger partial charge in [0.2, 0.25) is 17.5 Å². The number of phenols is 3. The van der Waals surface area contributed by atoms with Gasteiger partial charge in [0.1, 0.15) is 58.4 Å². The number of hydrogen-bond acceptors (Lipinski definition) is 13. The molecule has 7 N–H and O–H groups in total. The smallest absolute Gasteiger partial charge is 0.336 e. The lowest BCUT2D eigenvalue weighted by atomic mass is 9.99. The third kappa shape index (κ3) is 6.16. The first-order valence-electron chi connectivity index (χ1n) is 12.8. The van der Waals surface area contributed by atoms with Crippen molar-refractivity contribution in [3.05, 3.63) is 82.5 Å². The van der Waals surface area contributed by atoms with Crippen LogP contribution >= 0.6 is 0 Å². The Kier molecular flexibility index (Phi) is 8.34. The molecule has 0 radical (unpaired) electrons. The van der Waals surface area contributed by atoms with Crippen LogP contribution in [0.2, 0.25) is 0 Å². The number of aliphatic hydroxyl groups is 4. The molecule has 13 nitrogen and oxygen atoms in total. The quantitative estimate of drug-likeness (QED) is 0.0915. The van der Waals surface area contributed by atoms with E-state index in [1.165, 1.54) is 42.5 Å². The number of benzene rings is 3. The van der Waals surface area contributed by atoms with Crippen LogP contribution in [0.3, 0.4) is 0 Å². The lowest BCUT2D eigenvalue weighted by Crippen LogP contribution is -2.60. The standard InChI is InChI=1S/C30H26O13/c31-13-21-24(36)26(38)27(39)30(42-21)43-29-25(37)23-19(40-22(35)10-3-14-1-6-16(32)7-2-14)11-18(34)12-20(23)41-28(29)15-4-8-17(33)9-5-15/h1-12,21,24,26-27,30-34,36,38-39H,13H2/b10-3+/t21-,24-,26+,27-,30-/m1/s1. The van der Waals surface area contributed by atoms with Crippen LogP contribution in [-0.4, -0.2) is 79.0 Å². The number of carbonyl (C=O) groups is 1. The van der Waals surface area contributed by atoms with Gasteiger partial charge in [0.15, 0.2) is 5.76 Å². The molecule has 3 aromatic carbocycles. The second-order valence-corrected chi connectivity index (χ2v) is 9.61. The van der Waals surface area contributed by atoms with Crippen molar-refractivity contribution in [2.24, 2.45) is 0 Å². The number of phenolic OH excluding ortho intramolecular Hbond substituents is 3. The van der Waals surface area contributed by atoms with Gasteiger partial charge in [-0.3, -0.25) is 4.79 Å². The number of rotatable bonds is 7. The summed E-state index contributed by atoms with van der Waals surface area (Å²) in [5.41, 5.74) is -0.398. The fourth-order valence-electron chi connectivity index (χ4n) is 4.42. The minimum atomic E-state index is -1.87. The van der Waals surface area contributed by atoms with E-state index in [0.29, 0.717) is 5.56 Å². The molecule has 5 atom stereocenters.